The molecule has 3 aromatic rings. The molecular weight excluding hydrogens is 452 g/mol. The van der Waals surface area contributed by atoms with E-state index in [0.717, 1.165) is 22.2 Å². The standard InChI is InChI=1S/C26H27ClN4O3/c1-26(2,3)34-25(33)31-22(14-19-13-20(27)7-10-23(19)31)16-29-11-12-30(24(32)17-29)15-18-5-8-21(28-4)9-6-18/h5-10,13-14H,11-12,15-17H2,1-3H3. The van der Waals surface area contributed by atoms with Gasteiger partial charge in [0.05, 0.1) is 18.6 Å². The number of piperazine rings is 1. The smallest absolute Gasteiger partial charge is 0.419 e. The van der Waals surface area contributed by atoms with Crippen molar-refractivity contribution >= 4 is 40.2 Å². The fourth-order valence-corrected chi connectivity index (χ4v) is 4.25. The summed E-state index contributed by atoms with van der Waals surface area (Å²) in [5, 5.41) is 1.44. The number of halogens is 1. The number of fused-ring (bicyclic) bond motifs is 1. The molecule has 0 N–H and O–H groups in total. The van der Waals surface area contributed by atoms with Crippen LogP contribution in [0.25, 0.3) is 15.7 Å². The van der Waals surface area contributed by atoms with Gasteiger partial charge in [-0.3, -0.25) is 9.69 Å². The molecule has 1 aliphatic heterocycles. The summed E-state index contributed by atoms with van der Waals surface area (Å²) in [5.74, 6) is 0.0310. The molecule has 0 saturated carbocycles. The highest BCUT2D eigenvalue weighted by Crippen LogP contribution is 2.26. The summed E-state index contributed by atoms with van der Waals surface area (Å²) in [4.78, 5) is 33.2. The number of hydrogen-bond donors (Lipinski definition) is 0. The SMILES string of the molecule is [C-]#[N+]c1ccc(CN2CCN(Cc3cc4cc(Cl)ccc4n3C(=O)OC(C)(C)C)CC2=O)cc1. The molecule has 1 saturated heterocycles. The number of hydrogen-bond acceptors (Lipinski definition) is 4. The van der Waals surface area contributed by atoms with E-state index >= 15 is 0 Å². The quantitative estimate of drug-likeness (QED) is 0.466. The van der Waals surface area contributed by atoms with Crippen LogP contribution in [0.1, 0.15) is 32.0 Å². The number of carbonyl (C=O) groups is 2. The minimum absolute atomic E-state index is 0.0310. The highest BCUT2D eigenvalue weighted by Gasteiger charge is 2.27. The predicted octanol–water partition coefficient (Wildman–Crippen LogP) is 5.47. The van der Waals surface area contributed by atoms with Crippen molar-refractivity contribution in [3.8, 4) is 0 Å². The summed E-state index contributed by atoms with van der Waals surface area (Å²) in [7, 11) is 0. The first-order chi connectivity index (χ1) is 16.1. The summed E-state index contributed by atoms with van der Waals surface area (Å²) in [6, 6.07) is 14.6. The van der Waals surface area contributed by atoms with Crippen LogP contribution in [0.3, 0.4) is 0 Å². The highest BCUT2D eigenvalue weighted by molar-refractivity contribution is 6.31. The molecule has 8 heteroatoms. The molecule has 0 aliphatic carbocycles. The van der Waals surface area contributed by atoms with Crippen molar-refractivity contribution in [2.24, 2.45) is 0 Å². The van der Waals surface area contributed by atoms with Crippen molar-refractivity contribution in [3.05, 3.63) is 76.2 Å². The first-order valence-electron chi connectivity index (χ1n) is 11.1. The molecule has 2 heterocycles. The second-order valence-electron chi connectivity index (χ2n) is 9.46. The lowest BCUT2D eigenvalue weighted by molar-refractivity contribution is -0.136. The Balaban J connectivity index is 1.50. The molecule has 0 spiro atoms. The number of rotatable bonds is 4. The number of ether oxygens (including phenoxy) is 1. The molecule has 2 aromatic carbocycles. The fourth-order valence-electron chi connectivity index (χ4n) is 4.07. The van der Waals surface area contributed by atoms with E-state index in [1.807, 2.05) is 60.9 Å². The first kappa shape index (κ1) is 23.8. The largest absolute Gasteiger partial charge is 0.443 e. The first-order valence-corrected chi connectivity index (χ1v) is 11.5. The Morgan fingerprint density at radius 1 is 1.09 bits per heavy atom. The summed E-state index contributed by atoms with van der Waals surface area (Å²) in [6.45, 7) is 15.0. The van der Waals surface area contributed by atoms with Gasteiger partial charge >= 0.3 is 6.09 Å². The van der Waals surface area contributed by atoms with E-state index in [0.29, 0.717) is 36.9 Å². The van der Waals surface area contributed by atoms with Crippen molar-refractivity contribution in [3.63, 3.8) is 0 Å². The molecule has 1 fully saturated rings. The average Bonchev–Trinajstić information content (AvgIpc) is 3.12. The van der Waals surface area contributed by atoms with Crippen LogP contribution < -0.4 is 0 Å². The molecule has 1 aromatic heterocycles. The molecule has 7 nitrogen and oxygen atoms in total. The number of aromatic nitrogens is 1. The van der Waals surface area contributed by atoms with Crippen LogP contribution in [-0.2, 0) is 22.6 Å². The van der Waals surface area contributed by atoms with Gasteiger partial charge in [0.15, 0.2) is 5.69 Å². The maximum Gasteiger partial charge on any atom is 0.419 e. The van der Waals surface area contributed by atoms with Gasteiger partial charge in [0.1, 0.15) is 5.60 Å². The second-order valence-corrected chi connectivity index (χ2v) is 9.90. The lowest BCUT2D eigenvalue weighted by atomic mass is 10.1. The van der Waals surface area contributed by atoms with E-state index in [4.69, 9.17) is 22.9 Å². The average molecular weight is 479 g/mol. The van der Waals surface area contributed by atoms with Crippen LogP contribution in [0.15, 0.2) is 48.5 Å². The van der Waals surface area contributed by atoms with Gasteiger partial charge in [-0.1, -0.05) is 35.9 Å². The monoisotopic (exact) mass is 478 g/mol. The van der Waals surface area contributed by atoms with Gasteiger partial charge in [0.25, 0.3) is 0 Å². The van der Waals surface area contributed by atoms with Crippen LogP contribution in [0, 0.1) is 6.57 Å². The molecule has 4 rings (SSSR count). The summed E-state index contributed by atoms with van der Waals surface area (Å²) >= 11 is 6.18. The molecule has 176 valence electrons. The van der Waals surface area contributed by atoms with Gasteiger partial charge in [0, 0.05) is 42.3 Å². The predicted molar refractivity (Wildman–Crippen MR) is 132 cm³/mol. The molecule has 34 heavy (non-hydrogen) atoms. The Labute approximate surface area is 204 Å². The van der Waals surface area contributed by atoms with Crippen molar-refractivity contribution in [1.29, 1.82) is 0 Å². The molecule has 0 radical (unpaired) electrons. The Bertz CT molecular complexity index is 1270. The van der Waals surface area contributed by atoms with Crippen LogP contribution in [0.2, 0.25) is 5.02 Å². The maximum absolute atomic E-state index is 13.0. The Morgan fingerprint density at radius 3 is 2.47 bits per heavy atom. The second kappa shape index (κ2) is 9.49. The molecule has 1 aliphatic rings. The summed E-state index contributed by atoms with van der Waals surface area (Å²) in [6.07, 6.45) is -0.451. The number of nitrogens with zero attached hydrogens (tertiary/aromatic N) is 4. The third-order valence-electron chi connectivity index (χ3n) is 5.64. The molecule has 0 atom stereocenters. The third kappa shape index (κ3) is 5.41. The van der Waals surface area contributed by atoms with Crippen molar-refractivity contribution < 1.29 is 14.3 Å². The van der Waals surface area contributed by atoms with E-state index in [-0.39, 0.29) is 12.5 Å². The minimum atomic E-state index is -0.633. The normalized spacial score (nSPS) is 14.9. The Hall–Kier alpha value is -3.34. The topological polar surface area (TPSA) is 59.1 Å². The zero-order chi connectivity index (χ0) is 24.5. The van der Waals surface area contributed by atoms with Gasteiger partial charge in [-0.05, 0) is 50.6 Å². The van der Waals surface area contributed by atoms with Gasteiger partial charge in [0.2, 0.25) is 5.91 Å². The number of carbonyl (C=O) groups excluding carboxylic acids is 2. The van der Waals surface area contributed by atoms with E-state index in [2.05, 4.69) is 4.85 Å². The van der Waals surface area contributed by atoms with Gasteiger partial charge in [-0.15, -0.1) is 0 Å². The maximum atomic E-state index is 13.0. The van der Waals surface area contributed by atoms with Gasteiger partial charge in [-0.25, -0.2) is 14.2 Å². The van der Waals surface area contributed by atoms with Crippen molar-refractivity contribution in [2.75, 3.05) is 19.6 Å². The van der Waals surface area contributed by atoms with E-state index in [1.165, 1.54) is 0 Å². The third-order valence-corrected chi connectivity index (χ3v) is 5.87. The minimum Gasteiger partial charge on any atom is -0.443 e. The van der Waals surface area contributed by atoms with Crippen LogP contribution in [0.5, 0.6) is 0 Å². The number of amides is 1. The lowest BCUT2D eigenvalue weighted by Gasteiger charge is -2.34. The van der Waals surface area contributed by atoms with Gasteiger partial charge < -0.3 is 9.64 Å². The molecule has 1 amide bonds. The van der Waals surface area contributed by atoms with E-state index in [1.54, 1.807) is 22.8 Å². The molecular formula is C26H27ClN4O3. The van der Waals surface area contributed by atoms with Crippen LogP contribution in [0.4, 0.5) is 10.5 Å². The Morgan fingerprint density at radius 2 is 1.82 bits per heavy atom. The molecule has 0 bridgehead atoms. The fraction of sp³-hybridized carbons (Fsp3) is 0.346. The summed E-state index contributed by atoms with van der Waals surface area (Å²) < 4.78 is 7.23. The van der Waals surface area contributed by atoms with Gasteiger partial charge in [-0.2, -0.15) is 0 Å². The number of benzene rings is 2. The Kier molecular flexibility index (Phi) is 6.65. The molecule has 0 unspecified atom stereocenters. The van der Waals surface area contributed by atoms with Crippen LogP contribution in [-0.4, -0.2) is 51.6 Å². The van der Waals surface area contributed by atoms with Crippen LogP contribution >= 0.6 is 11.6 Å². The van der Waals surface area contributed by atoms with Crippen molar-refractivity contribution in [1.82, 2.24) is 14.4 Å². The van der Waals surface area contributed by atoms with E-state index < -0.39 is 11.7 Å². The zero-order valence-corrected chi connectivity index (χ0v) is 20.3. The van der Waals surface area contributed by atoms with E-state index in [9.17, 15) is 9.59 Å². The lowest BCUT2D eigenvalue weighted by Crippen LogP contribution is -2.49. The van der Waals surface area contributed by atoms with Crippen molar-refractivity contribution in [2.45, 2.75) is 39.5 Å². The zero-order valence-electron chi connectivity index (χ0n) is 19.5. The highest BCUT2D eigenvalue weighted by atomic mass is 35.5. The summed E-state index contributed by atoms with van der Waals surface area (Å²) in [5.41, 5.74) is 2.42.